The first-order valence-corrected chi connectivity index (χ1v) is 4.42. The molecule has 0 N–H and O–H groups in total. The van der Waals surface area contributed by atoms with E-state index in [4.69, 9.17) is 11.6 Å². The maximum Gasteiger partial charge on any atom is 0.0346 e. The Morgan fingerprint density at radius 1 is 1.38 bits per heavy atom. The van der Waals surface area contributed by atoms with Crippen LogP contribution in [0.15, 0.2) is 0 Å². The molecule has 1 aliphatic rings. The second-order valence-electron chi connectivity index (χ2n) is 2.36. The van der Waals surface area contributed by atoms with E-state index in [1.165, 1.54) is 19.3 Å². The summed E-state index contributed by atoms with van der Waals surface area (Å²) in [5, 5.41) is 0.438. The van der Waals surface area contributed by atoms with E-state index in [-0.39, 0.29) is 0 Å². The lowest BCUT2D eigenvalue weighted by atomic mass is 10.0. The third kappa shape index (κ3) is 1.94. The van der Waals surface area contributed by atoms with Gasteiger partial charge >= 0.3 is 0 Å². The van der Waals surface area contributed by atoms with Crippen molar-refractivity contribution in [1.29, 1.82) is 0 Å². The van der Waals surface area contributed by atoms with Crippen LogP contribution in [-0.4, -0.2) is 10.2 Å². The van der Waals surface area contributed by atoms with E-state index < -0.39 is 0 Å². The molecule has 0 spiro atoms. The van der Waals surface area contributed by atoms with Crippen LogP contribution in [0.4, 0.5) is 0 Å². The van der Waals surface area contributed by atoms with Crippen LogP contribution in [0.1, 0.15) is 25.7 Å². The van der Waals surface area contributed by atoms with Gasteiger partial charge in [0.2, 0.25) is 0 Å². The van der Waals surface area contributed by atoms with E-state index in [9.17, 15) is 0 Å². The van der Waals surface area contributed by atoms with Gasteiger partial charge < -0.3 is 0 Å². The fourth-order valence-electron chi connectivity index (χ4n) is 1.07. The van der Waals surface area contributed by atoms with Gasteiger partial charge in [-0.15, -0.1) is 11.6 Å². The number of alkyl halides is 2. The predicted molar refractivity (Wildman–Crippen MR) is 40.8 cm³/mol. The summed E-state index contributed by atoms with van der Waals surface area (Å²) in [6.07, 6.45) is 4.97. The molecule has 0 unspecified atom stereocenters. The summed E-state index contributed by atoms with van der Waals surface area (Å²) in [5.41, 5.74) is 0. The second-order valence-corrected chi connectivity index (χ2v) is 4.27. The van der Waals surface area contributed by atoms with Gasteiger partial charge in [0.15, 0.2) is 0 Å². The van der Waals surface area contributed by atoms with Crippen molar-refractivity contribution in [2.24, 2.45) is 0 Å². The SMILES string of the molecule is Cl[C@H]1CCC[C@@H](Br)C1. The summed E-state index contributed by atoms with van der Waals surface area (Å²) in [4.78, 5) is 0.693. The number of hydrogen-bond donors (Lipinski definition) is 0. The Balaban J connectivity index is 2.23. The molecule has 0 radical (unpaired) electrons. The molecular formula is C6H10BrCl. The van der Waals surface area contributed by atoms with Crippen LogP contribution in [0.5, 0.6) is 0 Å². The van der Waals surface area contributed by atoms with Crippen LogP contribution >= 0.6 is 27.5 Å². The van der Waals surface area contributed by atoms with Crippen LogP contribution in [0.25, 0.3) is 0 Å². The minimum atomic E-state index is 0.438. The fourth-order valence-corrected chi connectivity index (χ4v) is 2.43. The summed E-state index contributed by atoms with van der Waals surface area (Å²) in [7, 11) is 0. The maximum atomic E-state index is 5.88. The van der Waals surface area contributed by atoms with Crippen molar-refractivity contribution >= 4 is 27.5 Å². The van der Waals surface area contributed by atoms with E-state index in [0.717, 1.165) is 6.42 Å². The highest BCUT2D eigenvalue weighted by Crippen LogP contribution is 2.27. The molecule has 8 heavy (non-hydrogen) atoms. The predicted octanol–water partition coefficient (Wildman–Crippen LogP) is 2.93. The molecule has 0 saturated heterocycles. The molecular weight excluding hydrogens is 187 g/mol. The Morgan fingerprint density at radius 3 is 2.50 bits per heavy atom. The van der Waals surface area contributed by atoms with Gasteiger partial charge in [-0.1, -0.05) is 22.4 Å². The van der Waals surface area contributed by atoms with Crippen molar-refractivity contribution in [3.8, 4) is 0 Å². The lowest BCUT2D eigenvalue weighted by Crippen LogP contribution is -2.14. The topological polar surface area (TPSA) is 0 Å². The zero-order valence-electron chi connectivity index (χ0n) is 4.74. The first-order chi connectivity index (χ1) is 3.79. The molecule has 1 rings (SSSR count). The minimum absolute atomic E-state index is 0.438. The lowest BCUT2D eigenvalue weighted by molar-refractivity contribution is 0.528. The molecule has 0 bridgehead atoms. The van der Waals surface area contributed by atoms with Crippen LogP contribution in [0.2, 0.25) is 0 Å². The molecule has 0 aliphatic heterocycles. The highest BCUT2D eigenvalue weighted by Gasteiger charge is 2.16. The molecule has 2 heteroatoms. The standard InChI is InChI=1S/C6H10BrCl/c7-5-2-1-3-6(8)4-5/h5-6H,1-4H2/t5-,6+/m1/s1. The molecule has 1 fully saturated rings. The molecule has 1 aliphatic carbocycles. The Morgan fingerprint density at radius 2 is 2.12 bits per heavy atom. The molecule has 48 valence electrons. The number of halogens is 2. The second kappa shape index (κ2) is 3.07. The van der Waals surface area contributed by atoms with Gasteiger partial charge in [0.25, 0.3) is 0 Å². The van der Waals surface area contributed by atoms with Gasteiger partial charge in [-0.25, -0.2) is 0 Å². The average Bonchev–Trinajstić information content (AvgIpc) is 1.64. The van der Waals surface area contributed by atoms with Gasteiger partial charge in [-0.3, -0.25) is 0 Å². The Kier molecular flexibility index (Phi) is 2.64. The van der Waals surface area contributed by atoms with Crippen LogP contribution < -0.4 is 0 Å². The smallest absolute Gasteiger partial charge is 0.0346 e. The molecule has 0 aromatic heterocycles. The zero-order chi connectivity index (χ0) is 5.98. The minimum Gasteiger partial charge on any atom is -0.123 e. The quantitative estimate of drug-likeness (QED) is 0.524. The molecule has 0 aromatic carbocycles. The van der Waals surface area contributed by atoms with Gasteiger partial charge in [0.05, 0.1) is 0 Å². The van der Waals surface area contributed by atoms with E-state index in [0.29, 0.717) is 10.2 Å². The third-order valence-corrected chi connectivity index (χ3v) is 2.77. The van der Waals surface area contributed by atoms with Gasteiger partial charge in [-0.2, -0.15) is 0 Å². The van der Waals surface area contributed by atoms with Crippen LogP contribution in [0, 0.1) is 0 Å². The molecule has 1 saturated carbocycles. The van der Waals surface area contributed by atoms with Crippen molar-refractivity contribution in [2.45, 2.75) is 35.9 Å². The zero-order valence-corrected chi connectivity index (χ0v) is 7.08. The van der Waals surface area contributed by atoms with E-state index >= 15 is 0 Å². The normalized spacial score (nSPS) is 39.8. The molecule has 0 aromatic rings. The Labute approximate surface area is 63.7 Å². The van der Waals surface area contributed by atoms with E-state index in [1.807, 2.05) is 0 Å². The molecule has 0 heterocycles. The first-order valence-electron chi connectivity index (χ1n) is 3.07. The Hall–Kier alpha value is 0.770. The van der Waals surface area contributed by atoms with Gasteiger partial charge in [0.1, 0.15) is 0 Å². The highest BCUT2D eigenvalue weighted by molar-refractivity contribution is 9.09. The molecule has 0 amide bonds. The van der Waals surface area contributed by atoms with Gasteiger partial charge in [0, 0.05) is 10.2 Å². The van der Waals surface area contributed by atoms with Gasteiger partial charge in [-0.05, 0) is 19.3 Å². The van der Waals surface area contributed by atoms with Crippen molar-refractivity contribution in [3.05, 3.63) is 0 Å². The maximum absolute atomic E-state index is 5.88. The number of hydrogen-bond acceptors (Lipinski definition) is 0. The van der Waals surface area contributed by atoms with Crippen LogP contribution in [-0.2, 0) is 0 Å². The highest BCUT2D eigenvalue weighted by atomic mass is 79.9. The largest absolute Gasteiger partial charge is 0.123 e. The Bertz CT molecular complexity index is 66.9. The summed E-state index contributed by atoms with van der Waals surface area (Å²) in [5.74, 6) is 0. The number of rotatable bonds is 0. The fraction of sp³-hybridized carbons (Fsp3) is 1.00. The first kappa shape index (κ1) is 6.88. The summed E-state index contributed by atoms with van der Waals surface area (Å²) in [6, 6.07) is 0. The summed E-state index contributed by atoms with van der Waals surface area (Å²) < 4.78 is 0. The molecule has 0 nitrogen and oxygen atoms in total. The summed E-state index contributed by atoms with van der Waals surface area (Å²) >= 11 is 9.43. The molecule has 2 atom stereocenters. The third-order valence-electron chi connectivity index (χ3n) is 1.55. The van der Waals surface area contributed by atoms with Crippen LogP contribution in [0.3, 0.4) is 0 Å². The summed E-state index contributed by atoms with van der Waals surface area (Å²) in [6.45, 7) is 0. The van der Waals surface area contributed by atoms with Crippen molar-refractivity contribution < 1.29 is 0 Å². The van der Waals surface area contributed by atoms with E-state index in [2.05, 4.69) is 15.9 Å². The monoisotopic (exact) mass is 196 g/mol. The van der Waals surface area contributed by atoms with Crippen molar-refractivity contribution in [1.82, 2.24) is 0 Å². The lowest BCUT2D eigenvalue weighted by Gasteiger charge is -2.19. The van der Waals surface area contributed by atoms with Crippen molar-refractivity contribution in [3.63, 3.8) is 0 Å². The van der Waals surface area contributed by atoms with E-state index in [1.54, 1.807) is 0 Å². The van der Waals surface area contributed by atoms with Crippen molar-refractivity contribution in [2.75, 3.05) is 0 Å². The average molecular weight is 198 g/mol.